The van der Waals surface area contributed by atoms with Gasteiger partial charge in [-0.25, -0.2) is 14.2 Å². The number of nitrogens with one attached hydrogen (secondary N) is 3. The first-order chi connectivity index (χ1) is 17.4. The highest BCUT2D eigenvalue weighted by atomic mass is 19.1. The van der Waals surface area contributed by atoms with Crippen molar-refractivity contribution in [1.82, 2.24) is 14.9 Å². The van der Waals surface area contributed by atoms with Crippen molar-refractivity contribution in [3.63, 3.8) is 0 Å². The molecule has 36 heavy (non-hydrogen) atoms. The average Bonchev–Trinajstić information content (AvgIpc) is 3.30. The number of carbonyl (C=O) groups excluding carboxylic acids is 1. The number of hydrogen-bond donors (Lipinski definition) is 4. The van der Waals surface area contributed by atoms with Crippen LogP contribution in [0, 0.1) is 5.82 Å². The Hall–Kier alpha value is -3.46. The largest absolute Gasteiger partial charge is 0.393 e. The first-order valence-corrected chi connectivity index (χ1v) is 12.7. The lowest BCUT2D eigenvalue weighted by Gasteiger charge is -2.23. The summed E-state index contributed by atoms with van der Waals surface area (Å²) in [5.41, 5.74) is 1.42. The summed E-state index contributed by atoms with van der Waals surface area (Å²) in [6.07, 6.45) is 8.23. The Kier molecular flexibility index (Phi) is 6.91. The van der Waals surface area contributed by atoms with Gasteiger partial charge in [0.25, 0.3) is 5.56 Å². The number of urea groups is 1. The third-order valence-corrected chi connectivity index (χ3v) is 7.39. The zero-order chi connectivity index (χ0) is 25.2. The molecule has 0 radical (unpaired) electrons. The molecule has 1 aromatic carbocycles. The predicted octanol–water partition coefficient (Wildman–Crippen LogP) is 4.78. The molecule has 5 rings (SSSR count). The number of carbonyl (C=O) groups is 1. The summed E-state index contributed by atoms with van der Waals surface area (Å²) in [6.45, 7) is 0. The van der Waals surface area contributed by atoms with E-state index in [-0.39, 0.29) is 23.3 Å². The van der Waals surface area contributed by atoms with Crippen molar-refractivity contribution in [2.45, 2.75) is 69.6 Å². The molecule has 2 aliphatic rings. The van der Waals surface area contributed by atoms with Gasteiger partial charge in [0.1, 0.15) is 11.6 Å². The van der Waals surface area contributed by atoms with E-state index in [0.29, 0.717) is 36.2 Å². The van der Waals surface area contributed by atoms with Crippen molar-refractivity contribution in [3.05, 3.63) is 52.7 Å². The molecule has 2 fully saturated rings. The van der Waals surface area contributed by atoms with E-state index in [9.17, 15) is 19.1 Å². The van der Waals surface area contributed by atoms with E-state index in [1.807, 2.05) is 6.07 Å². The quantitative estimate of drug-likeness (QED) is 0.409. The fourth-order valence-corrected chi connectivity index (χ4v) is 5.49. The smallest absolute Gasteiger partial charge is 0.319 e. The second-order valence-corrected chi connectivity index (χ2v) is 9.86. The van der Waals surface area contributed by atoms with Crippen molar-refractivity contribution < 1.29 is 14.3 Å². The van der Waals surface area contributed by atoms with Crippen molar-refractivity contribution in [1.29, 1.82) is 0 Å². The molecular weight excluding hydrogens is 461 g/mol. The molecular formula is C27H32FN5O3. The van der Waals surface area contributed by atoms with Crippen LogP contribution in [0.2, 0.25) is 0 Å². The SMILES string of the molecule is CNc1cc2c(cn1)cc(-c1ccc(F)c(NC(=O)NC3CCCCC3)c1)c(=O)n2C1CCC(O)C1. The van der Waals surface area contributed by atoms with Crippen molar-refractivity contribution in [2.24, 2.45) is 0 Å². The van der Waals surface area contributed by atoms with Gasteiger partial charge in [-0.15, -0.1) is 0 Å². The van der Waals surface area contributed by atoms with E-state index in [4.69, 9.17) is 0 Å². The molecule has 2 aromatic heterocycles. The lowest BCUT2D eigenvalue weighted by Crippen LogP contribution is -2.39. The predicted molar refractivity (Wildman–Crippen MR) is 139 cm³/mol. The molecule has 2 saturated carbocycles. The number of anilines is 2. The summed E-state index contributed by atoms with van der Waals surface area (Å²) in [4.78, 5) is 30.8. The van der Waals surface area contributed by atoms with E-state index in [1.54, 1.807) is 29.9 Å². The molecule has 8 nitrogen and oxygen atoms in total. The fraction of sp³-hybridized carbons (Fsp3) is 0.444. The minimum atomic E-state index is -0.571. The van der Waals surface area contributed by atoms with Crippen LogP contribution in [0.25, 0.3) is 22.0 Å². The molecule has 2 amide bonds. The lowest BCUT2D eigenvalue weighted by atomic mass is 9.96. The van der Waals surface area contributed by atoms with Gasteiger partial charge < -0.3 is 25.6 Å². The second-order valence-electron chi connectivity index (χ2n) is 9.86. The van der Waals surface area contributed by atoms with Gasteiger partial charge in [0.05, 0.1) is 17.3 Å². The van der Waals surface area contributed by atoms with E-state index in [2.05, 4.69) is 20.9 Å². The van der Waals surface area contributed by atoms with Crippen LogP contribution in [-0.2, 0) is 0 Å². The van der Waals surface area contributed by atoms with Crippen LogP contribution in [0.4, 0.5) is 20.7 Å². The Morgan fingerprint density at radius 3 is 2.64 bits per heavy atom. The highest BCUT2D eigenvalue weighted by Gasteiger charge is 2.27. The second kappa shape index (κ2) is 10.3. The third kappa shape index (κ3) is 4.93. The summed E-state index contributed by atoms with van der Waals surface area (Å²) in [5, 5.41) is 19.5. The van der Waals surface area contributed by atoms with Gasteiger partial charge in [-0.3, -0.25) is 4.79 Å². The molecule has 0 saturated heterocycles. The summed E-state index contributed by atoms with van der Waals surface area (Å²) in [5.74, 6) is 0.0668. The molecule has 2 unspecified atom stereocenters. The van der Waals surface area contributed by atoms with Crippen LogP contribution < -0.4 is 21.5 Å². The number of aliphatic hydroxyl groups excluding tert-OH is 1. The maximum Gasteiger partial charge on any atom is 0.319 e. The number of benzene rings is 1. The Balaban J connectivity index is 1.52. The number of amides is 2. The molecule has 4 N–H and O–H groups in total. The normalized spacial score (nSPS) is 20.4. The molecule has 2 heterocycles. The van der Waals surface area contributed by atoms with Crippen LogP contribution in [0.5, 0.6) is 0 Å². The molecule has 9 heteroatoms. The molecule has 2 aliphatic carbocycles. The number of aromatic nitrogens is 2. The molecule has 2 atom stereocenters. The maximum atomic E-state index is 14.7. The number of rotatable bonds is 5. The summed E-state index contributed by atoms with van der Waals surface area (Å²) in [6, 6.07) is 7.39. The molecule has 190 valence electrons. The van der Waals surface area contributed by atoms with E-state index >= 15 is 0 Å². The molecule has 0 spiro atoms. The lowest BCUT2D eigenvalue weighted by molar-refractivity contribution is 0.178. The van der Waals surface area contributed by atoms with Gasteiger partial charge in [0.15, 0.2) is 0 Å². The Labute approximate surface area is 208 Å². The monoisotopic (exact) mass is 493 g/mol. The average molecular weight is 494 g/mol. The standard InChI is InChI=1S/C27H32FN5O3/c1-29-25-14-24-17(15-30-25)11-21(26(35)33(24)19-8-9-20(34)13-19)16-7-10-22(28)23(12-16)32-27(36)31-18-5-3-2-4-6-18/h7,10-12,14-15,18-20,34H,2-6,8-9,13H2,1H3,(H,29,30)(H2,31,32,36). The number of halogens is 1. The number of pyridine rings is 2. The topological polar surface area (TPSA) is 108 Å². The number of hydrogen-bond acceptors (Lipinski definition) is 5. The number of nitrogens with zero attached hydrogens (tertiary/aromatic N) is 2. The Morgan fingerprint density at radius 1 is 1.11 bits per heavy atom. The van der Waals surface area contributed by atoms with Gasteiger partial charge >= 0.3 is 6.03 Å². The Morgan fingerprint density at radius 2 is 1.92 bits per heavy atom. The number of aliphatic hydroxyl groups is 1. The van der Waals surface area contributed by atoms with Crippen LogP contribution in [-0.4, -0.2) is 39.9 Å². The van der Waals surface area contributed by atoms with Crippen LogP contribution in [0.3, 0.4) is 0 Å². The van der Waals surface area contributed by atoms with Crippen molar-refractivity contribution >= 4 is 28.4 Å². The zero-order valence-electron chi connectivity index (χ0n) is 20.4. The van der Waals surface area contributed by atoms with Gasteiger partial charge in [-0.05, 0) is 55.9 Å². The summed E-state index contributed by atoms with van der Waals surface area (Å²) >= 11 is 0. The molecule has 3 aromatic rings. The third-order valence-electron chi connectivity index (χ3n) is 7.39. The van der Waals surface area contributed by atoms with Gasteiger partial charge in [0.2, 0.25) is 0 Å². The van der Waals surface area contributed by atoms with Crippen LogP contribution >= 0.6 is 0 Å². The van der Waals surface area contributed by atoms with Gasteiger partial charge in [-0.2, -0.15) is 0 Å². The van der Waals surface area contributed by atoms with Gasteiger partial charge in [-0.1, -0.05) is 25.3 Å². The Bertz CT molecular complexity index is 1330. The van der Waals surface area contributed by atoms with Crippen LogP contribution in [0.1, 0.15) is 57.4 Å². The van der Waals surface area contributed by atoms with E-state index < -0.39 is 18.0 Å². The zero-order valence-corrected chi connectivity index (χ0v) is 20.4. The summed E-state index contributed by atoms with van der Waals surface area (Å²) < 4.78 is 16.4. The first kappa shape index (κ1) is 24.2. The maximum absolute atomic E-state index is 14.7. The first-order valence-electron chi connectivity index (χ1n) is 12.7. The van der Waals surface area contributed by atoms with Crippen molar-refractivity contribution in [2.75, 3.05) is 17.7 Å². The number of fused-ring (bicyclic) bond motifs is 1. The minimum Gasteiger partial charge on any atom is -0.393 e. The molecule has 0 bridgehead atoms. The van der Waals surface area contributed by atoms with Gasteiger partial charge in [0, 0.05) is 42.3 Å². The van der Waals surface area contributed by atoms with E-state index in [1.165, 1.54) is 18.6 Å². The minimum absolute atomic E-state index is 0.0202. The van der Waals surface area contributed by atoms with Crippen LogP contribution in [0.15, 0.2) is 41.3 Å². The molecule has 0 aliphatic heterocycles. The highest BCUT2D eigenvalue weighted by Crippen LogP contribution is 2.33. The van der Waals surface area contributed by atoms with Crippen molar-refractivity contribution in [3.8, 4) is 11.1 Å². The fourth-order valence-electron chi connectivity index (χ4n) is 5.49. The summed E-state index contributed by atoms with van der Waals surface area (Å²) in [7, 11) is 1.77. The van der Waals surface area contributed by atoms with E-state index in [0.717, 1.165) is 36.6 Å². The highest BCUT2D eigenvalue weighted by molar-refractivity contribution is 5.91.